The Morgan fingerprint density at radius 3 is 2.54 bits per heavy atom. The van der Waals surface area contributed by atoms with Crippen molar-refractivity contribution in [1.82, 2.24) is 0 Å². The van der Waals surface area contributed by atoms with Crippen LogP contribution in [0.1, 0.15) is 12.5 Å². The highest BCUT2D eigenvalue weighted by molar-refractivity contribution is 6.17. The van der Waals surface area contributed by atoms with Crippen molar-refractivity contribution in [1.29, 1.82) is 0 Å². The van der Waals surface area contributed by atoms with Crippen molar-refractivity contribution >= 4 is 11.6 Å². The number of hydrogen-bond acceptors (Lipinski definition) is 3. The maximum absolute atomic E-state index is 9.41. The molecule has 0 spiro atoms. The fourth-order valence-electron chi connectivity index (χ4n) is 0.983. The number of phenols is 2. The highest BCUT2D eigenvalue weighted by Gasteiger charge is 2.11. The Labute approximate surface area is 81.5 Å². The predicted octanol–water partition coefficient (Wildman–Crippen LogP) is 2.24. The second kappa shape index (κ2) is 4.23. The lowest BCUT2D eigenvalue weighted by Crippen LogP contribution is -1.92. The van der Waals surface area contributed by atoms with E-state index < -0.39 is 0 Å². The number of ether oxygens (including phenoxy) is 1. The highest BCUT2D eigenvalue weighted by atomic mass is 35.5. The summed E-state index contributed by atoms with van der Waals surface area (Å²) >= 11 is 5.52. The zero-order valence-electron chi connectivity index (χ0n) is 7.25. The van der Waals surface area contributed by atoms with Gasteiger partial charge in [-0.2, -0.15) is 0 Å². The molecule has 0 radical (unpaired) electrons. The number of aromatic hydroxyl groups is 2. The molecule has 4 heteroatoms. The molecule has 13 heavy (non-hydrogen) atoms. The maximum Gasteiger partial charge on any atom is 0.200 e. The molecule has 0 fully saturated rings. The van der Waals surface area contributed by atoms with E-state index in [0.717, 1.165) is 0 Å². The summed E-state index contributed by atoms with van der Waals surface area (Å²) in [6.07, 6.45) is 0. The molecular weight excluding hydrogens is 192 g/mol. The zero-order chi connectivity index (χ0) is 9.84. The number of halogens is 1. The van der Waals surface area contributed by atoms with E-state index in [9.17, 15) is 10.2 Å². The van der Waals surface area contributed by atoms with Gasteiger partial charge in [-0.25, -0.2) is 0 Å². The van der Waals surface area contributed by atoms with Crippen molar-refractivity contribution in [2.75, 3.05) is 6.61 Å². The van der Waals surface area contributed by atoms with Crippen molar-refractivity contribution in [3.63, 3.8) is 0 Å². The van der Waals surface area contributed by atoms with E-state index in [2.05, 4.69) is 0 Å². The third kappa shape index (κ3) is 1.98. The van der Waals surface area contributed by atoms with Crippen LogP contribution in [0.2, 0.25) is 0 Å². The van der Waals surface area contributed by atoms with Crippen LogP contribution in [0.4, 0.5) is 0 Å². The number of benzene rings is 1. The summed E-state index contributed by atoms with van der Waals surface area (Å²) in [5, 5.41) is 18.8. The van der Waals surface area contributed by atoms with Gasteiger partial charge in [0.25, 0.3) is 0 Å². The Balaban J connectivity index is 3.07. The third-order valence-corrected chi connectivity index (χ3v) is 1.93. The normalized spacial score (nSPS) is 10.0. The van der Waals surface area contributed by atoms with E-state index in [0.29, 0.717) is 12.2 Å². The van der Waals surface area contributed by atoms with Gasteiger partial charge in [-0.1, -0.05) is 6.07 Å². The molecule has 0 aromatic heterocycles. The van der Waals surface area contributed by atoms with Crippen molar-refractivity contribution in [3.05, 3.63) is 17.7 Å². The van der Waals surface area contributed by atoms with Crippen LogP contribution in [-0.2, 0) is 5.88 Å². The quantitative estimate of drug-likeness (QED) is 0.584. The Bertz CT molecular complexity index is 299. The Morgan fingerprint density at radius 1 is 1.31 bits per heavy atom. The molecule has 3 nitrogen and oxygen atoms in total. The van der Waals surface area contributed by atoms with Crippen LogP contribution >= 0.6 is 11.6 Å². The summed E-state index contributed by atoms with van der Waals surface area (Å²) in [4.78, 5) is 0. The van der Waals surface area contributed by atoms with E-state index in [-0.39, 0.29) is 23.1 Å². The van der Waals surface area contributed by atoms with Crippen molar-refractivity contribution in [3.8, 4) is 17.2 Å². The van der Waals surface area contributed by atoms with E-state index in [1.54, 1.807) is 19.1 Å². The molecule has 0 aliphatic heterocycles. The van der Waals surface area contributed by atoms with Crippen LogP contribution < -0.4 is 4.74 Å². The summed E-state index contributed by atoms with van der Waals surface area (Å²) in [6.45, 7) is 2.24. The molecule has 0 amide bonds. The molecule has 1 aromatic carbocycles. The molecule has 1 rings (SSSR count). The van der Waals surface area contributed by atoms with Crippen molar-refractivity contribution in [2.45, 2.75) is 12.8 Å². The van der Waals surface area contributed by atoms with Crippen LogP contribution in [0.3, 0.4) is 0 Å². The lowest BCUT2D eigenvalue weighted by molar-refractivity contribution is 0.308. The summed E-state index contributed by atoms with van der Waals surface area (Å²) in [7, 11) is 0. The fourth-order valence-corrected chi connectivity index (χ4v) is 1.20. The molecule has 72 valence electrons. The van der Waals surface area contributed by atoms with Gasteiger partial charge in [0.15, 0.2) is 11.5 Å². The summed E-state index contributed by atoms with van der Waals surface area (Å²) in [5.41, 5.74) is 0.489. The van der Waals surface area contributed by atoms with E-state index in [1.807, 2.05) is 0 Å². The zero-order valence-corrected chi connectivity index (χ0v) is 8.01. The lowest BCUT2D eigenvalue weighted by Gasteiger charge is -2.08. The highest BCUT2D eigenvalue weighted by Crippen LogP contribution is 2.38. The Kier molecular flexibility index (Phi) is 3.25. The van der Waals surface area contributed by atoms with Gasteiger partial charge >= 0.3 is 0 Å². The SMILES string of the molecule is CCOc1ccc(CCl)c(O)c1O. The first-order valence-electron chi connectivity index (χ1n) is 3.93. The minimum atomic E-state index is -0.250. The first kappa shape index (κ1) is 9.99. The standard InChI is InChI=1S/C9H11ClO3/c1-2-13-7-4-3-6(5-10)8(11)9(7)12/h3-4,11-12H,2,5H2,1H3. The molecule has 0 bridgehead atoms. The van der Waals surface area contributed by atoms with Gasteiger partial charge in [0.1, 0.15) is 0 Å². The molecule has 0 aliphatic carbocycles. The van der Waals surface area contributed by atoms with Crippen LogP contribution in [0.5, 0.6) is 17.2 Å². The van der Waals surface area contributed by atoms with Crippen LogP contribution in [0.15, 0.2) is 12.1 Å². The second-order valence-electron chi connectivity index (χ2n) is 2.49. The van der Waals surface area contributed by atoms with Gasteiger partial charge in [0.05, 0.1) is 12.5 Å². The van der Waals surface area contributed by atoms with Crippen LogP contribution in [0, 0.1) is 0 Å². The molecule has 0 saturated heterocycles. The van der Waals surface area contributed by atoms with E-state index in [1.165, 1.54) is 0 Å². The van der Waals surface area contributed by atoms with E-state index in [4.69, 9.17) is 16.3 Å². The minimum absolute atomic E-state index is 0.159. The lowest BCUT2D eigenvalue weighted by atomic mass is 10.2. The number of hydrogen-bond donors (Lipinski definition) is 2. The molecule has 0 heterocycles. The third-order valence-electron chi connectivity index (χ3n) is 1.64. The van der Waals surface area contributed by atoms with E-state index >= 15 is 0 Å². The second-order valence-corrected chi connectivity index (χ2v) is 2.75. The minimum Gasteiger partial charge on any atom is -0.504 e. The van der Waals surface area contributed by atoms with Crippen LogP contribution in [-0.4, -0.2) is 16.8 Å². The molecule has 1 aromatic rings. The summed E-state index contributed by atoms with van der Waals surface area (Å²) in [6, 6.07) is 3.20. The maximum atomic E-state index is 9.41. The monoisotopic (exact) mass is 202 g/mol. The van der Waals surface area contributed by atoms with Gasteiger partial charge < -0.3 is 14.9 Å². The molecule has 0 aliphatic rings. The molecule has 2 N–H and O–H groups in total. The largest absolute Gasteiger partial charge is 0.504 e. The average molecular weight is 203 g/mol. The Hall–Kier alpha value is -1.09. The number of rotatable bonds is 3. The smallest absolute Gasteiger partial charge is 0.200 e. The van der Waals surface area contributed by atoms with Gasteiger partial charge in [0, 0.05) is 5.56 Å². The molecule has 0 atom stereocenters. The van der Waals surface area contributed by atoms with Crippen molar-refractivity contribution in [2.24, 2.45) is 0 Å². The number of phenolic OH excluding ortho intramolecular Hbond substituents is 2. The van der Waals surface area contributed by atoms with Crippen LogP contribution in [0.25, 0.3) is 0 Å². The van der Waals surface area contributed by atoms with Crippen molar-refractivity contribution < 1.29 is 14.9 Å². The number of alkyl halides is 1. The first-order valence-corrected chi connectivity index (χ1v) is 4.46. The predicted molar refractivity (Wildman–Crippen MR) is 50.5 cm³/mol. The molecular formula is C9H11ClO3. The topological polar surface area (TPSA) is 49.7 Å². The Morgan fingerprint density at radius 2 is 2.00 bits per heavy atom. The molecule has 0 unspecified atom stereocenters. The molecule has 0 saturated carbocycles. The van der Waals surface area contributed by atoms with Gasteiger partial charge in [0.2, 0.25) is 5.75 Å². The van der Waals surface area contributed by atoms with Gasteiger partial charge in [-0.3, -0.25) is 0 Å². The first-order chi connectivity index (χ1) is 6.20. The fraction of sp³-hybridized carbons (Fsp3) is 0.333. The van der Waals surface area contributed by atoms with Gasteiger partial charge in [-0.05, 0) is 13.0 Å². The van der Waals surface area contributed by atoms with Gasteiger partial charge in [-0.15, -0.1) is 11.6 Å². The average Bonchev–Trinajstić information content (AvgIpc) is 2.14. The summed E-state index contributed by atoms with van der Waals surface area (Å²) in [5.74, 6) is -0.0268. The summed E-state index contributed by atoms with van der Waals surface area (Å²) < 4.78 is 5.06.